The lowest BCUT2D eigenvalue weighted by Crippen LogP contribution is -2.30. The molecule has 0 spiro atoms. The molecule has 4 aromatic rings. The van der Waals surface area contributed by atoms with Crippen molar-refractivity contribution in [2.24, 2.45) is 4.99 Å². The maximum absolute atomic E-state index is 12.6. The number of nitrogens with zero attached hydrogens (tertiary/aromatic N) is 3. The fourth-order valence-electron chi connectivity index (χ4n) is 3.50. The predicted molar refractivity (Wildman–Crippen MR) is 112 cm³/mol. The zero-order chi connectivity index (χ0) is 20.0. The smallest absolute Gasteiger partial charge is 0.335 e. The molecule has 0 unspecified atom stereocenters. The summed E-state index contributed by atoms with van der Waals surface area (Å²) in [6, 6.07) is 14.6. The number of nitrogens with one attached hydrogen (secondary N) is 1. The van der Waals surface area contributed by atoms with Crippen LogP contribution in [0.4, 0.5) is 5.69 Å². The highest BCUT2D eigenvalue weighted by Gasteiger charge is 2.18. The summed E-state index contributed by atoms with van der Waals surface area (Å²) in [5.74, 6) is -0.437. The van der Waals surface area contributed by atoms with E-state index in [9.17, 15) is 14.7 Å². The Kier molecular flexibility index (Phi) is 3.74. The number of aliphatic imine (C=N–C) groups is 1. The molecule has 7 heteroatoms. The minimum atomic E-state index is -0.723. The minimum Gasteiger partial charge on any atom is -0.494 e. The van der Waals surface area contributed by atoms with E-state index in [1.807, 2.05) is 30.3 Å². The number of para-hydroxylation sites is 1. The number of aromatic hydroxyl groups is 1. The molecule has 2 N–H and O–H groups in total. The summed E-state index contributed by atoms with van der Waals surface area (Å²) in [5, 5.41) is 12.4. The largest absolute Gasteiger partial charge is 0.494 e. The molecule has 29 heavy (non-hydrogen) atoms. The van der Waals surface area contributed by atoms with Crippen LogP contribution in [0.1, 0.15) is 11.1 Å². The zero-order valence-corrected chi connectivity index (χ0v) is 15.0. The monoisotopic (exact) mass is 382 g/mol. The molecule has 1 aliphatic heterocycles. The summed E-state index contributed by atoms with van der Waals surface area (Å²) < 4.78 is 1.09. The molecule has 0 saturated carbocycles. The number of H-pyrrole nitrogens is 1. The van der Waals surface area contributed by atoms with Crippen LogP contribution < -0.4 is 11.2 Å². The Balaban J connectivity index is 1.77. The van der Waals surface area contributed by atoms with Crippen LogP contribution in [0.25, 0.3) is 28.1 Å². The molecule has 0 atom stereocenters. The lowest BCUT2D eigenvalue weighted by atomic mass is 10.1. The minimum absolute atomic E-state index is 0.0196. The second-order valence-electron chi connectivity index (χ2n) is 6.58. The Morgan fingerprint density at radius 3 is 2.79 bits per heavy atom. The van der Waals surface area contributed by atoms with Gasteiger partial charge in [-0.2, -0.15) is 0 Å². The van der Waals surface area contributed by atoms with Gasteiger partial charge in [-0.3, -0.25) is 19.8 Å². The molecule has 2 aromatic heterocycles. The number of benzene rings is 2. The van der Waals surface area contributed by atoms with E-state index >= 15 is 0 Å². The van der Waals surface area contributed by atoms with Crippen LogP contribution in [0.15, 0.2) is 75.5 Å². The van der Waals surface area contributed by atoms with E-state index in [1.165, 1.54) is 6.08 Å². The standard InChI is InChI=1S/C22H14N4O3/c27-20-17(10-14-12-24-18-6-2-1-5-15(14)18)21(28)26(22(29)25-20)19-7-3-4-13-11-23-9-8-16(13)19/h1-12,28H,(H,25,27,29). The zero-order valence-electron chi connectivity index (χ0n) is 15.0. The number of hydrogen-bond donors (Lipinski definition) is 2. The van der Waals surface area contributed by atoms with Crippen molar-refractivity contribution in [3.05, 3.63) is 92.9 Å². The average Bonchev–Trinajstić information content (AvgIpc) is 3.14. The third-order valence-corrected chi connectivity index (χ3v) is 4.88. The van der Waals surface area contributed by atoms with Crippen molar-refractivity contribution >= 4 is 34.3 Å². The summed E-state index contributed by atoms with van der Waals surface area (Å²) in [6.45, 7) is 0. The number of rotatable bonds is 2. The molecule has 0 aliphatic carbocycles. The van der Waals surface area contributed by atoms with Crippen molar-refractivity contribution in [1.82, 2.24) is 14.5 Å². The van der Waals surface area contributed by atoms with E-state index in [0.29, 0.717) is 11.3 Å². The molecular formula is C22H14N4O3. The number of hydrogen-bond acceptors (Lipinski definition) is 5. The Hall–Kier alpha value is -4.26. The lowest BCUT2D eigenvalue weighted by Gasteiger charge is -2.12. The van der Waals surface area contributed by atoms with Crippen LogP contribution in [0.3, 0.4) is 0 Å². The highest BCUT2D eigenvalue weighted by molar-refractivity contribution is 6.21. The quantitative estimate of drug-likeness (QED) is 0.556. The molecule has 0 fully saturated rings. The Morgan fingerprint density at radius 2 is 1.90 bits per heavy atom. The van der Waals surface area contributed by atoms with Gasteiger partial charge in [-0.05, 0) is 24.3 Å². The first kappa shape index (κ1) is 16.9. The SMILES string of the molecule is O=c1[nH]c(=O)n(-c2cccc3cnccc23)c(O)c1C=C1C=Nc2ccccc21. The Labute approximate surface area is 164 Å². The van der Waals surface area contributed by atoms with Crippen molar-refractivity contribution < 1.29 is 5.11 Å². The molecule has 7 nitrogen and oxygen atoms in total. The molecule has 3 heterocycles. The lowest BCUT2D eigenvalue weighted by molar-refractivity contribution is 0.430. The van der Waals surface area contributed by atoms with Crippen molar-refractivity contribution in [1.29, 1.82) is 0 Å². The topological polar surface area (TPSA) is 100 Å². The van der Waals surface area contributed by atoms with E-state index in [-0.39, 0.29) is 5.56 Å². The summed E-state index contributed by atoms with van der Waals surface area (Å²) in [6.07, 6.45) is 6.44. The van der Waals surface area contributed by atoms with Gasteiger partial charge >= 0.3 is 5.69 Å². The van der Waals surface area contributed by atoms with Gasteiger partial charge in [0.1, 0.15) is 5.56 Å². The second kappa shape index (κ2) is 6.42. The van der Waals surface area contributed by atoms with Gasteiger partial charge in [0.05, 0.1) is 11.4 Å². The molecule has 1 aliphatic rings. The number of allylic oxidation sites excluding steroid dienone is 1. The maximum Gasteiger partial charge on any atom is 0.335 e. The number of aromatic amines is 1. The molecular weight excluding hydrogens is 368 g/mol. The van der Waals surface area contributed by atoms with Crippen molar-refractivity contribution in [2.45, 2.75) is 0 Å². The fraction of sp³-hybridized carbons (Fsp3) is 0. The van der Waals surface area contributed by atoms with Crippen molar-refractivity contribution in [3.8, 4) is 11.6 Å². The van der Waals surface area contributed by atoms with Crippen LogP contribution in [0.2, 0.25) is 0 Å². The van der Waals surface area contributed by atoms with Gasteiger partial charge in [-0.15, -0.1) is 0 Å². The Bertz CT molecular complexity index is 1460. The molecule has 5 rings (SSSR count). The first-order valence-corrected chi connectivity index (χ1v) is 8.90. The van der Waals surface area contributed by atoms with Gasteiger partial charge in [0.25, 0.3) is 5.56 Å². The molecule has 0 amide bonds. The molecule has 2 aromatic carbocycles. The van der Waals surface area contributed by atoms with E-state index in [0.717, 1.165) is 26.6 Å². The first-order chi connectivity index (χ1) is 14.1. The van der Waals surface area contributed by atoms with Gasteiger partial charge in [0.15, 0.2) is 0 Å². The molecule has 140 valence electrons. The summed E-state index contributed by atoms with van der Waals surface area (Å²) in [4.78, 5) is 35.7. The predicted octanol–water partition coefficient (Wildman–Crippen LogP) is 3.04. The van der Waals surface area contributed by atoms with Gasteiger partial charge in [0.2, 0.25) is 5.88 Å². The van der Waals surface area contributed by atoms with Crippen LogP contribution in [-0.4, -0.2) is 25.9 Å². The number of pyridine rings is 1. The van der Waals surface area contributed by atoms with Crippen LogP contribution in [0, 0.1) is 0 Å². The average molecular weight is 382 g/mol. The normalized spacial score (nSPS) is 13.9. The van der Waals surface area contributed by atoms with E-state index in [4.69, 9.17) is 0 Å². The molecule has 0 radical (unpaired) electrons. The van der Waals surface area contributed by atoms with Crippen LogP contribution >= 0.6 is 0 Å². The second-order valence-corrected chi connectivity index (χ2v) is 6.58. The third-order valence-electron chi connectivity index (χ3n) is 4.88. The van der Waals surface area contributed by atoms with Crippen molar-refractivity contribution in [2.75, 3.05) is 0 Å². The van der Waals surface area contributed by atoms with Crippen molar-refractivity contribution in [3.63, 3.8) is 0 Å². The molecule has 0 saturated heterocycles. The van der Waals surface area contributed by atoms with Gasteiger partial charge in [-0.25, -0.2) is 9.36 Å². The summed E-state index contributed by atoms with van der Waals surface area (Å²) in [7, 11) is 0. The highest BCUT2D eigenvalue weighted by atomic mass is 16.3. The van der Waals surface area contributed by atoms with Gasteiger partial charge < -0.3 is 5.11 Å². The summed E-state index contributed by atoms with van der Waals surface area (Å²) >= 11 is 0. The van der Waals surface area contributed by atoms with E-state index < -0.39 is 17.1 Å². The summed E-state index contributed by atoms with van der Waals surface area (Å²) in [5.41, 5.74) is 1.34. The third kappa shape index (κ3) is 2.68. The maximum atomic E-state index is 12.6. The van der Waals surface area contributed by atoms with E-state index in [1.54, 1.807) is 36.8 Å². The van der Waals surface area contributed by atoms with Gasteiger partial charge in [0, 0.05) is 40.5 Å². The van der Waals surface area contributed by atoms with E-state index in [2.05, 4.69) is 15.0 Å². The Morgan fingerprint density at radius 1 is 1.03 bits per heavy atom. The van der Waals surface area contributed by atoms with Crippen LogP contribution in [0.5, 0.6) is 5.88 Å². The highest BCUT2D eigenvalue weighted by Crippen LogP contribution is 2.33. The number of aromatic nitrogens is 3. The van der Waals surface area contributed by atoms with Gasteiger partial charge in [-0.1, -0.05) is 30.3 Å². The number of fused-ring (bicyclic) bond motifs is 2. The molecule has 0 bridgehead atoms. The van der Waals surface area contributed by atoms with Crippen LogP contribution in [-0.2, 0) is 0 Å². The first-order valence-electron chi connectivity index (χ1n) is 8.90. The fourth-order valence-corrected chi connectivity index (χ4v) is 3.50.